The van der Waals surface area contributed by atoms with Crippen LogP contribution in [0.1, 0.15) is 36.6 Å². The molecule has 110 valence electrons. The molecule has 1 aromatic carbocycles. The van der Waals surface area contributed by atoms with E-state index in [2.05, 4.69) is 17.3 Å². The number of benzene rings is 1. The van der Waals surface area contributed by atoms with Crippen LogP contribution in [0.15, 0.2) is 30.6 Å². The number of aryl methyl sites for hydroxylation is 1. The molecule has 0 aliphatic rings. The maximum atomic E-state index is 13.7. The average molecular weight is 286 g/mol. The highest BCUT2D eigenvalue weighted by molar-refractivity contribution is 5.33. The van der Waals surface area contributed by atoms with Crippen molar-refractivity contribution >= 4 is 0 Å². The highest BCUT2D eigenvalue weighted by atomic mass is 19.1. The maximum absolute atomic E-state index is 13.7. The molecule has 2 rings (SSSR count). The van der Waals surface area contributed by atoms with Gasteiger partial charge in [0.1, 0.15) is 5.82 Å². The molecule has 0 spiro atoms. The second kappa shape index (κ2) is 6.51. The summed E-state index contributed by atoms with van der Waals surface area (Å²) in [6.45, 7) is 6.48. The topological polar surface area (TPSA) is 53.6 Å². The second-order valence-corrected chi connectivity index (χ2v) is 5.33. The van der Waals surface area contributed by atoms with Crippen LogP contribution in [0, 0.1) is 24.1 Å². The zero-order chi connectivity index (χ0) is 15.4. The predicted molar refractivity (Wildman–Crippen MR) is 79.1 cm³/mol. The van der Waals surface area contributed by atoms with Crippen LogP contribution >= 0.6 is 0 Å². The largest absolute Gasteiger partial charge is 0.308 e. The number of hydrogen-bond donors (Lipinski definition) is 1. The van der Waals surface area contributed by atoms with Gasteiger partial charge in [0.15, 0.2) is 0 Å². The van der Waals surface area contributed by atoms with Gasteiger partial charge in [0.2, 0.25) is 0 Å². The monoisotopic (exact) mass is 286 g/mol. The van der Waals surface area contributed by atoms with Crippen LogP contribution in [0.25, 0.3) is 0 Å². The molecule has 21 heavy (non-hydrogen) atoms. The van der Waals surface area contributed by atoms with E-state index >= 15 is 0 Å². The molecule has 0 bridgehead atoms. The van der Waals surface area contributed by atoms with E-state index in [1.165, 1.54) is 12.1 Å². The summed E-state index contributed by atoms with van der Waals surface area (Å²) in [5, 5.41) is 16.4. The number of aromatic nitrogens is 2. The van der Waals surface area contributed by atoms with Gasteiger partial charge in [-0.25, -0.2) is 4.39 Å². The molecule has 2 atom stereocenters. The van der Waals surface area contributed by atoms with Crippen LogP contribution in [0.2, 0.25) is 0 Å². The highest BCUT2D eigenvalue weighted by Crippen LogP contribution is 2.14. The molecule has 2 aromatic rings. The minimum absolute atomic E-state index is 0.120. The lowest BCUT2D eigenvalue weighted by Gasteiger charge is -2.22. The third-order valence-electron chi connectivity index (χ3n) is 3.66. The van der Waals surface area contributed by atoms with Crippen molar-refractivity contribution in [2.75, 3.05) is 0 Å². The summed E-state index contributed by atoms with van der Waals surface area (Å²) in [5.74, 6) is -0.295. The minimum Gasteiger partial charge on any atom is -0.308 e. The lowest BCUT2D eigenvalue weighted by atomic mass is 10.1. The Morgan fingerprint density at radius 2 is 2.19 bits per heavy atom. The number of hydrogen-bond acceptors (Lipinski definition) is 3. The third kappa shape index (κ3) is 3.67. The van der Waals surface area contributed by atoms with Crippen LogP contribution in [0.4, 0.5) is 4.39 Å². The minimum atomic E-state index is -0.295. The summed E-state index contributed by atoms with van der Waals surface area (Å²) < 4.78 is 15.6. The Balaban J connectivity index is 2.01. The Kier molecular flexibility index (Phi) is 4.71. The van der Waals surface area contributed by atoms with E-state index in [1.807, 2.05) is 37.0 Å². The highest BCUT2D eigenvalue weighted by Gasteiger charge is 2.15. The smallest absolute Gasteiger partial charge is 0.127 e. The zero-order valence-corrected chi connectivity index (χ0v) is 12.5. The molecule has 1 heterocycles. The van der Waals surface area contributed by atoms with Gasteiger partial charge >= 0.3 is 0 Å². The molecule has 0 amide bonds. The Labute approximate surface area is 124 Å². The summed E-state index contributed by atoms with van der Waals surface area (Å²) in [4.78, 5) is 0. The first-order chi connectivity index (χ1) is 10.0. The van der Waals surface area contributed by atoms with Crippen molar-refractivity contribution in [1.29, 1.82) is 5.26 Å². The Morgan fingerprint density at radius 1 is 1.43 bits per heavy atom. The molecular formula is C16H19FN4. The third-order valence-corrected chi connectivity index (χ3v) is 3.66. The number of nitrogens with zero attached hydrogens (tertiary/aromatic N) is 3. The summed E-state index contributed by atoms with van der Waals surface area (Å²) >= 11 is 0. The Morgan fingerprint density at radius 3 is 2.81 bits per heavy atom. The van der Waals surface area contributed by atoms with E-state index in [0.29, 0.717) is 17.7 Å². The molecule has 0 aliphatic carbocycles. The fourth-order valence-corrected chi connectivity index (χ4v) is 2.11. The first kappa shape index (κ1) is 15.2. The van der Waals surface area contributed by atoms with Crippen LogP contribution < -0.4 is 5.32 Å². The first-order valence-electron chi connectivity index (χ1n) is 6.94. The van der Waals surface area contributed by atoms with Crippen molar-refractivity contribution in [3.63, 3.8) is 0 Å². The quantitative estimate of drug-likeness (QED) is 0.919. The van der Waals surface area contributed by atoms with Crippen molar-refractivity contribution in [2.24, 2.45) is 0 Å². The molecule has 0 aliphatic heterocycles. The normalized spacial score (nSPS) is 13.7. The van der Waals surface area contributed by atoms with Gasteiger partial charge in [0.25, 0.3) is 0 Å². The molecule has 0 saturated carbocycles. The van der Waals surface area contributed by atoms with E-state index in [0.717, 1.165) is 5.56 Å². The van der Waals surface area contributed by atoms with Crippen molar-refractivity contribution < 1.29 is 4.39 Å². The van der Waals surface area contributed by atoms with Crippen molar-refractivity contribution in [3.8, 4) is 6.07 Å². The molecular weight excluding hydrogens is 267 g/mol. The van der Waals surface area contributed by atoms with Crippen molar-refractivity contribution in [2.45, 2.75) is 39.4 Å². The van der Waals surface area contributed by atoms with E-state index in [1.54, 1.807) is 6.07 Å². The van der Waals surface area contributed by atoms with Crippen molar-refractivity contribution in [1.82, 2.24) is 15.1 Å². The van der Waals surface area contributed by atoms with E-state index in [4.69, 9.17) is 5.26 Å². The van der Waals surface area contributed by atoms with Crippen LogP contribution in [-0.2, 0) is 6.54 Å². The Hall–Kier alpha value is -2.19. The standard InChI is InChI=1S/C16H19FN4/c1-11-8-20-21(10-11)13(3)12(2)19-9-15-6-14(7-18)4-5-16(15)17/h4-6,8,10,12-13,19H,9H2,1-3H3/t12-,13-/m0/s1. The lowest BCUT2D eigenvalue weighted by molar-refractivity contribution is 0.363. The molecule has 4 nitrogen and oxygen atoms in total. The summed E-state index contributed by atoms with van der Waals surface area (Å²) in [6, 6.07) is 6.70. The Bertz CT molecular complexity index is 657. The van der Waals surface area contributed by atoms with Gasteiger partial charge in [0, 0.05) is 24.3 Å². The zero-order valence-electron chi connectivity index (χ0n) is 12.5. The molecule has 5 heteroatoms. The number of nitriles is 1. The number of halogens is 1. The fourth-order valence-electron chi connectivity index (χ4n) is 2.11. The van der Waals surface area contributed by atoms with Crippen LogP contribution in [-0.4, -0.2) is 15.8 Å². The van der Waals surface area contributed by atoms with Gasteiger partial charge in [-0.3, -0.25) is 4.68 Å². The van der Waals surface area contributed by atoms with E-state index < -0.39 is 0 Å². The number of rotatable bonds is 5. The fraction of sp³-hybridized carbons (Fsp3) is 0.375. The molecule has 0 fully saturated rings. The van der Waals surface area contributed by atoms with Crippen LogP contribution in [0.5, 0.6) is 0 Å². The molecule has 1 aromatic heterocycles. The van der Waals surface area contributed by atoms with Gasteiger partial charge in [0.05, 0.1) is 23.9 Å². The molecule has 1 N–H and O–H groups in total. The summed E-state index contributed by atoms with van der Waals surface area (Å²) in [7, 11) is 0. The SMILES string of the molecule is Cc1cnn([C@@H](C)[C@H](C)NCc2cc(C#N)ccc2F)c1. The number of nitrogens with one attached hydrogen (secondary N) is 1. The van der Waals surface area contributed by atoms with Gasteiger partial charge in [-0.1, -0.05) is 0 Å². The summed E-state index contributed by atoms with van der Waals surface area (Å²) in [5.41, 5.74) is 2.09. The van der Waals surface area contributed by atoms with E-state index in [-0.39, 0.29) is 17.9 Å². The average Bonchev–Trinajstić information content (AvgIpc) is 2.91. The van der Waals surface area contributed by atoms with Gasteiger partial charge in [-0.2, -0.15) is 10.4 Å². The summed E-state index contributed by atoms with van der Waals surface area (Å²) in [6.07, 6.45) is 3.80. The molecule has 0 saturated heterocycles. The van der Waals surface area contributed by atoms with Crippen LogP contribution in [0.3, 0.4) is 0 Å². The van der Waals surface area contributed by atoms with E-state index in [9.17, 15) is 4.39 Å². The first-order valence-corrected chi connectivity index (χ1v) is 6.94. The molecule has 0 unspecified atom stereocenters. The second-order valence-electron chi connectivity index (χ2n) is 5.33. The van der Waals surface area contributed by atoms with Gasteiger partial charge in [-0.05, 0) is 44.5 Å². The maximum Gasteiger partial charge on any atom is 0.127 e. The van der Waals surface area contributed by atoms with Gasteiger partial charge < -0.3 is 5.32 Å². The predicted octanol–water partition coefficient (Wildman–Crippen LogP) is 2.94. The van der Waals surface area contributed by atoms with Crippen molar-refractivity contribution in [3.05, 3.63) is 53.1 Å². The van der Waals surface area contributed by atoms with Gasteiger partial charge in [-0.15, -0.1) is 0 Å². The molecule has 0 radical (unpaired) electrons. The lowest BCUT2D eigenvalue weighted by Crippen LogP contribution is -2.33.